The van der Waals surface area contributed by atoms with Crippen molar-refractivity contribution in [3.8, 4) is 6.07 Å². The van der Waals surface area contributed by atoms with Crippen LogP contribution >= 0.6 is 23.5 Å². The van der Waals surface area contributed by atoms with Gasteiger partial charge in [0, 0.05) is 30.3 Å². The molecule has 138 valence electrons. The van der Waals surface area contributed by atoms with Crippen molar-refractivity contribution in [3.05, 3.63) is 40.4 Å². The van der Waals surface area contributed by atoms with Gasteiger partial charge in [-0.05, 0) is 37.8 Å². The molecular weight excluding hydrogens is 366 g/mol. The average molecular weight is 390 g/mol. The number of nitrogens with zero attached hydrogens (tertiary/aromatic N) is 2. The SMILES string of the molecule is CCN(CC)C(=O)CSC1=C(C#N)[C@H](c2ccc(SC)cc2)CC(=O)N1. The van der Waals surface area contributed by atoms with Gasteiger partial charge in [-0.3, -0.25) is 9.59 Å². The van der Waals surface area contributed by atoms with Gasteiger partial charge in [0.05, 0.1) is 22.4 Å². The van der Waals surface area contributed by atoms with Crippen molar-refractivity contribution in [2.45, 2.75) is 31.1 Å². The topological polar surface area (TPSA) is 73.2 Å². The van der Waals surface area contributed by atoms with Gasteiger partial charge in [0.1, 0.15) is 0 Å². The van der Waals surface area contributed by atoms with E-state index in [0.717, 1.165) is 10.5 Å². The Morgan fingerprint density at radius 1 is 1.31 bits per heavy atom. The molecule has 1 aliphatic rings. The van der Waals surface area contributed by atoms with Crippen molar-refractivity contribution in [1.82, 2.24) is 10.2 Å². The number of nitriles is 1. The van der Waals surface area contributed by atoms with Crippen LogP contribution < -0.4 is 5.32 Å². The zero-order valence-electron chi connectivity index (χ0n) is 15.2. The number of amides is 2. The third-order valence-electron chi connectivity index (χ3n) is 4.33. The van der Waals surface area contributed by atoms with Gasteiger partial charge >= 0.3 is 0 Å². The third kappa shape index (κ3) is 4.83. The highest BCUT2D eigenvalue weighted by Gasteiger charge is 2.30. The van der Waals surface area contributed by atoms with Crippen LogP contribution in [0.2, 0.25) is 0 Å². The first-order valence-corrected chi connectivity index (χ1v) is 10.7. The van der Waals surface area contributed by atoms with E-state index in [0.29, 0.717) is 23.7 Å². The molecule has 1 aromatic rings. The van der Waals surface area contributed by atoms with Crippen molar-refractivity contribution in [2.24, 2.45) is 0 Å². The Morgan fingerprint density at radius 2 is 1.96 bits per heavy atom. The van der Waals surface area contributed by atoms with E-state index in [1.165, 1.54) is 11.8 Å². The molecule has 0 spiro atoms. The Kier molecular flexibility index (Phi) is 7.61. The number of rotatable bonds is 7. The van der Waals surface area contributed by atoms with E-state index in [4.69, 9.17) is 0 Å². The van der Waals surface area contributed by atoms with Gasteiger partial charge in [-0.25, -0.2) is 0 Å². The molecule has 1 N–H and O–H groups in total. The summed E-state index contributed by atoms with van der Waals surface area (Å²) >= 11 is 2.88. The van der Waals surface area contributed by atoms with Crippen molar-refractivity contribution >= 4 is 35.3 Å². The number of benzene rings is 1. The van der Waals surface area contributed by atoms with Gasteiger partial charge in [0.25, 0.3) is 0 Å². The van der Waals surface area contributed by atoms with Crippen LogP contribution in [0.5, 0.6) is 0 Å². The van der Waals surface area contributed by atoms with Crippen LogP contribution in [0.25, 0.3) is 0 Å². The molecule has 26 heavy (non-hydrogen) atoms. The van der Waals surface area contributed by atoms with Gasteiger partial charge in [-0.2, -0.15) is 5.26 Å². The summed E-state index contributed by atoms with van der Waals surface area (Å²) in [5.74, 6) is -0.178. The highest BCUT2D eigenvalue weighted by Crippen LogP contribution is 2.36. The van der Waals surface area contributed by atoms with E-state index in [9.17, 15) is 14.9 Å². The Bertz CT molecular complexity index is 734. The zero-order chi connectivity index (χ0) is 19.1. The standard InChI is InChI=1S/C19H23N3O2S2/c1-4-22(5-2)18(24)12-26-19-16(11-20)15(10-17(23)21-19)13-6-8-14(25-3)9-7-13/h6-9,15H,4-5,10,12H2,1-3H3,(H,21,23)/t15-/m0/s1. The van der Waals surface area contributed by atoms with Gasteiger partial charge in [-0.1, -0.05) is 23.9 Å². The summed E-state index contributed by atoms with van der Waals surface area (Å²) < 4.78 is 0. The molecule has 7 heteroatoms. The minimum Gasteiger partial charge on any atom is -0.343 e. The van der Waals surface area contributed by atoms with E-state index in [2.05, 4.69) is 11.4 Å². The summed E-state index contributed by atoms with van der Waals surface area (Å²) in [4.78, 5) is 27.3. The lowest BCUT2D eigenvalue weighted by molar-refractivity contribution is -0.128. The second-order valence-corrected chi connectivity index (χ2v) is 7.65. The summed E-state index contributed by atoms with van der Waals surface area (Å²) in [7, 11) is 0. The molecule has 1 atom stereocenters. The molecule has 0 saturated heterocycles. The molecule has 0 saturated carbocycles. The van der Waals surface area contributed by atoms with Crippen LogP contribution in [-0.2, 0) is 9.59 Å². The molecule has 2 amide bonds. The first-order valence-electron chi connectivity index (χ1n) is 8.52. The first kappa shape index (κ1) is 20.4. The normalized spacial score (nSPS) is 16.8. The molecule has 1 aromatic carbocycles. The molecule has 0 radical (unpaired) electrons. The molecule has 0 bridgehead atoms. The maximum atomic E-state index is 12.2. The van der Waals surface area contributed by atoms with Gasteiger partial charge in [0.2, 0.25) is 11.8 Å². The molecule has 0 unspecified atom stereocenters. The number of nitrogens with one attached hydrogen (secondary N) is 1. The molecule has 1 heterocycles. The quantitative estimate of drug-likeness (QED) is 0.724. The average Bonchev–Trinajstić information content (AvgIpc) is 2.66. The lowest BCUT2D eigenvalue weighted by atomic mass is 9.87. The third-order valence-corrected chi connectivity index (χ3v) is 6.08. The number of hydrogen-bond acceptors (Lipinski definition) is 5. The van der Waals surface area contributed by atoms with Crippen molar-refractivity contribution in [3.63, 3.8) is 0 Å². The fraction of sp³-hybridized carbons (Fsp3) is 0.421. The summed E-state index contributed by atoms with van der Waals surface area (Å²) in [6.07, 6.45) is 2.25. The van der Waals surface area contributed by atoms with Crippen LogP contribution in [0.3, 0.4) is 0 Å². The second kappa shape index (κ2) is 9.70. The van der Waals surface area contributed by atoms with Crippen LogP contribution in [0.4, 0.5) is 0 Å². The van der Waals surface area contributed by atoms with Crippen LogP contribution in [0.1, 0.15) is 31.7 Å². The lowest BCUT2D eigenvalue weighted by Gasteiger charge is -2.26. The highest BCUT2D eigenvalue weighted by molar-refractivity contribution is 8.03. The van der Waals surface area contributed by atoms with Crippen molar-refractivity contribution in [2.75, 3.05) is 25.1 Å². The van der Waals surface area contributed by atoms with Crippen molar-refractivity contribution < 1.29 is 9.59 Å². The van der Waals surface area contributed by atoms with Crippen LogP contribution in [0, 0.1) is 11.3 Å². The first-order chi connectivity index (χ1) is 12.5. The number of hydrogen-bond donors (Lipinski definition) is 1. The van der Waals surface area contributed by atoms with Gasteiger partial charge < -0.3 is 10.2 Å². The monoisotopic (exact) mass is 389 g/mol. The maximum Gasteiger partial charge on any atom is 0.232 e. The highest BCUT2D eigenvalue weighted by atomic mass is 32.2. The second-order valence-electron chi connectivity index (χ2n) is 5.79. The molecule has 0 fully saturated rings. The number of allylic oxidation sites excluding steroid dienone is 1. The minimum atomic E-state index is -0.268. The molecule has 2 rings (SSSR count). The Labute approximate surface area is 163 Å². The predicted octanol–water partition coefficient (Wildman–Crippen LogP) is 3.35. The molecule has 5 nitrogen and oxygen atoms in total. The summed E-state index contributed by atoms with van der Waals surface area (Å²) in [5.41, 5.74) is 1.47. The van der Waals surface area contributed by atoms with Crippen LogP contribution in [-0.4, -0.2) is 41.8 Å². The molecule has 0 aliphatic carbocycles. The summed E-state index contributed by atoms with van der Waals surface area (Å²) in [6, 6.07) is 10.2. The number of carbonyl (C=O) groups is 2. The fourth-order valence-corrected chi connectivity index (χ4v) is 4.24. The van der Waals surface area contributed by atoms with E-state index in [1.807, 2.05) is 44.4 Å². The Morgan fingerprint density at radius 3 is 2.50 bits per heavy atom. The number of thioether (sulfide) groups is 2. The predicted molar refractivity (Wildman–Crippen MR) is 107 cm³/mol. The van der Waals surface area contributed by atoms with E-state index in [-0.39, 0.29) is 29.9 Å². The molecular formula is C19H23N3O2S2. The Balaban J connectivity index is 2.24. The zero-order valence-corrected chi connectivity index (χ0v) is 16.9. The lowest BCUT2D eigenvalue weighted by Crippen LogP contribution is -2.34. The Hall–Kier alpha value is -1.91. The van der Waals surface area contributed by atoms with Crippen molar-refractivity contribution in [1.29, 1.82) is 5.26 Å². The largest absolute Gasteiger partial charge is 0.343 e. The van der Waals surface area contributed by atoms with Gasteiger partial charge in [-0.15, -0.1) is 11.8 Å². The van der Waals surface area contributed by atoms with Gasteiger partial charge in [0.15, 0.2) is 0 Å². The summed E-state index contributed by atoms with van der Waals surface area (Å²) in [6.45, 7) is 5.17. The van der Waals surface area contributed by atoms with E-state index in [1.54, 1.807) is 16.7 Å². The van der Waals surface area contributed by atoms with Crippen LogP contribution in [0.15, 0.2) is 39.8 Å². The smallest absolute Gasteiger partial charge is 0.232 e. The summed E-state index contributed by atoms with van der Waals surface area (Å²) in [5, 5.41) is 13.0. The van der Waals surface area contributed by atoms with E-state index < -0.39 is 0 Å². The van der Waals surface area contributed by atoms with E-state index >= 15 is 0 Å². The minimum absolute atomic E-state index is 0.00508. The number of carbonyl (C=O) groups excluding carboxylic acids is 2. The fourth-order valence-electron chi connectivity index (χ4n) is 2.86. The molecule has 1 aliphatic heterocycles. The molecule has 0 aromatic heterocycles. The maximum absolute atomic E-state index is 12.2.